The van der Waals surface area contributed by atoms with Crippen LogP contribution in [0.15, 0.2) is 49.3 Å². The van der Waals surface area contributed by atoms with Crippen LogP contribution in [-0.2, 0) is 11.3 Å². The summed E-state index contributed by atoms with van der Waals surface area (Å²) in [6.45, 7) is 4.55. The van der Waals surface area contributed by atoms with E-state index in [1.165, 1.54) is 5.56 Å². The third kappa shape index (κ3) is 2.31. The third-order valence-electron chi connectivity index (χ3n) is 2.39. The Labute approximate surface area is 95.0 Å². The Morgan fingerprint density at radius 1 is 1.38 bits per heavy atom. The highest BCUT2D eigenvalue weighted by Crippen LogP contribution is 2.12. The van der Waals surface area contributed by atoms with Gasteiger partial charge >= 0.3 is 0 Å². The van der Waals surface area contributed by atoms with E-state index >= 15 is 0 Å². The molecule has 0 saturated heterocycles. The highest BCUT2D eigenvalue weighted by Gasteiger charge is 2.02. The number of hydrogen-bond acceptors (Lipinski definition) is 2. The highest BCUT2D eigenvalue weighted by molar-refractivity contribution is 5.55. The zero-order valence-corrected chi connectivity index (χ0v) is 9.26. The second-order valence-corrected chi connectivity index (χ2v) is 3.54. The summed E-state index contributed by atoms with van der Waals surface area (Å²) in [6, 6.07) is 10.2. The van der Waals surface area contributed by atoms with Crippen molar-refractivity contribution in [2.75, 3.05) is 7.11 Å². The molecule has 0 aliphatic carbocycles. The quantitative estimate of drug-likeness (QED) is 0.731. The molecule has 0 saturated carbocycles. The molecule has 0 bridgehead atoms. The van der Waals surface area contributed by atoms with Gasteiger partial charge in [-0.3, -0.25) is 4.68 Å². The second-order valence-electron chi connectivity index (χ2n) is 3.54. The molecule has 0 unspecified atom stereocenters. The van der Waals surface area contributed by atoms with Crippen molar-refractivity contribution in [2.45, 2.75) is 6.54 Å². The van der Waals surface area contributed by atoms with Gasteiger partial charge in [0.1, 0.15) is 5.76 Å². The van der Waals surface area contributed by atoms with E-state index in [4.69, 9.17) is 4.74 Å². The topological polar surface area (TPSA) is 27.1 Å². The Morgan fingerprint density at radius 2 is 2.12 bits per heavy atom. The Bertz CT molecular complexity index is 474. The van der Waals surface area contributed by atoms with Crippen molar-refractivity contribution >= 4 is 5.76 Å². The minimum atomic E-state index is 0.638. The maximum atomic E-state index is 5.05. The third-order valence-corrected chi connectivity index (χ3v) is 2.39. The van der Waals surface area contributed by atoms with Gasteiger partial charge in [0.2, 0.25) is 0 Å². The van der Waals surface area contributed by atoms with E-state index in [0.29, 0.717) is 5.76 Å². The zero-order chi connectivity index (χ0) is 11.4. The monoisotopic (exact) mass is 214 g/mol. The Balaban J connectivity index is 2.12. The summed E-state index contributed by atoms with van der Waals surface area (Å²) in [7, 11) is 1.61. The van der Waals surface area contributed by atoms with Crippen LogP contribution in [0.1, 0.15) is 11.1 Å². The van der Waals surface area contributed by atoms with Gasteiger partial charge in [-0.2, -0.15) is 5.10 Å². The molecule has 0 aliphatic heterocycles. The van der Waals surface area contributed by atoms with Crippen LogP contribution in [0.3, 0.4) is 0 Å². The van der Waals surface area contributed by atoms with Gasteiger partial charge in [0.15, 0.2) is 0 Å². The van der Waals surface area contributed by atoms with E-state index in [1.54, 1.807) is 13.3 Å². The number of hydrogen-bond donors (Lipinski definition) is 0. The average molecular weight is 214 g/mol. The summed E-state index contributed by atoms with van der Waals surface area (Å²) in [6.07, 6.45) is 3.69. The summed E-state index contributed by atoms with van der Waals surface area (Å²) >= 11 is 0. The van der Waals surface area contributed by atoms with Gasteiger partial charge in [0, 0.05) is 6.20 Å². The maximum Gasteiger partial charge on any atom is 0.122 e. The van der Waals surface area contributed by atoms with E-state index in [-0.39, 0.29) is 0 Å². The average Bonchev–Trinajstić information content (AvgIpc) is 2.78. The molecule has 0 fully saturated rings. The molecule has 0 amide bonds. The second kappa shape index (κ2) is 4.66. The molecule has 3 nitrogen and oxygen atoms in total. The molecule has 0 atom stereocenters. The maximum absolute atomic E-state index is 5.05. The first kappa shape index (κ1) is 10.5. The molecule has 0 radical (unpaired) electrons. The van der Waals surface area contributed by atoms with E-state index in [2.05, 4.69) is 23.8 Å². The molecular weight excluding hydrogens is 200 g/mol. The van der Waals surface area contributed by atoms with Crippen molar-refractivity contribution in [3.63, 3.8) is 0 Å². The fourth-order valence-electron chi connectivity index (χ4n) is 1.48. The van der Waals surface area contributed by atoms with Gasteiger partial charge in [0.25, 0.3) is 0 Å². The predicted octanol–water partition coefficient (Wildman–Crippen LogP) is 2.55. The smallest absolute Gasteiger partial charge is 0.122 e. The van der Waals surface area contributed by atoms with Crippen LogP contribution >= 0.6 is 0 Å². The van der Waals surface area contributed by atoms with Crippen molar-refractivity contribution < 1.29 is 4.74 Å². The summed E-state index contributed by atoms with van der Waals surface area (Å²) in [5.41, 5.74) is 2.14. The molecule has 2 aromatic rings. The van der Waals surface area contributed by atoms with Crippen LogP contribution in [-0.4, -0.2) is 16.9 Å². The number of ether oxygens (including phenoxy) is 1. The predicted molar refractivity (Wildman–Crippen MR) is 63.8 cm³/mol. The van der Waals surface area contributed by atoms with Crippen LogP contribution in [0.2, 0.25) is 0 Å². The van der Waals surface area contributed by atoms with Crippen LogP contribution in [0.4, 0.5) is 0 Å². The molecule has 2 rings (SSSR count). The highest BCUT2D eigenvalue weighted by atomic mass is 16.5. The number of methoxy groups -OCH3 is 1. The molecule has 1 heterocycles. The first-order valence-corrected chi connectivity index (χ1v) is 5.09. The van der Waals surface area contributed by atoms with Gasteiger partial charge in [-0.05, 0) is 5.56 Å². The Morgan fingerprint density at radius 3 is 2.81 bits per heavy atom. The van der Waals surface area contributed by atoms with E-state index in [0.717, 1.165) is 12.1 Å². The van der Waals surface area contributed by atoms with E-state index in [1.807, 2.05) is 29.1 Å². The molecular formula is C13H14N2O. The largest absolute Gasteiger partial charge is 0.497 e. The molecule has 1 aromatic heterocycles. The Kier molecular flexibility index (Phi) is 3.05. The van der Waals surface area contributed by atoms with E-state index in [9.17, 15) is 0 Å². The molecule has 0 aliphatic rings. The van der Waals surface area contributed by atoms with Gasteiger partial charge < -0.3 is 4.74 Å². The lowest BCUT2D eigenvalue weighted by atomic mass is 10.2. The molecule has 16 heavy (non-hydrogen) atoms. The van der Waals surface area contributed by atoms with Gasteiger partial charge in [0.05, 0.1) is 25.4 Å². The van der Waals surface area contributed by atoms with Crippen molar-refractivity contribution in [1.29, 1.82) is 0 Å². The van der Waals surface area contributed by atoms with Crippen molar-refractivity contribution in [1.82, 2.24) is 9.78 Å². The van der Waals surface area contributed by atoms with Crippen LogP contribution in [0.5, 0.6) is 0 Å². The summed E-state index contributed by atoms with van der Waals surface area (Å²) in [5.74, 6) is 0.638. The lowest BCUT2D eigenvalue weighted by molar-refractivity contribution is 0.371. The summed E-state index contributed by atoms with van der Waals surface area (Å²) in [5, 5.41) is 4.26. The lowest BCUT2D eigenvalue weighted by Crippen LogP contribution is -1.99. The fourth-order valence-corrected chi connectivity index (χ4v) is 1.48. The first-order chi connectivity index (χ1) is 7.79. The van der Waals surface area contributed by atoms with Crippen molar-refractivity contribution in [3.05, 3.63) is 60.4 Å². The van der Waals surface area contributed by atoms with Crippen LogP contribution < -0.4 is 0 Å². The number of rotatable bonds is 4. The standard InChI is InChI=1S/C13H14N2O/c1-11(16-2)13-8-14-15(10-13)9-12-6-4-3-5-7-12/h3-8,10H,1,9H2,2H3. The Hall–Kier alpha value is -2.03. The SMILES string of the molecule is C=C(OC)c1cnn(Cc2ccccc2)c1. The molecule has 0 spiro atoms. The van der Waals surface area contributed by atoms with Crippen LogP contribution in [0, 0.1) is 0 Å². The molecule has 0 N–H and O–H groups in total. The van der Waals surface area contributed by atoms with Gasteiger partial charge in [-0.15, -0.1) is 0 Å². The molecule has 82 valence electrons. The number of benzene rings is 1. The minimum Gasteiger partial charge on any atom is -0.497 e. The van der Waals surface area contributed by atoms with Crippen molar-refractivity contribution in [3.8, 4) is 0 Å². The number of nitrogens with zero attached hydrogens (tertiary/aromatic N) is 2. The molecule has 3 heteroatoms. The fraction of sp³-hybridized carbons (Fsp3) is 0.154. The minimum absolute atomic E-state index is 0.638. The first-order valence-electron chi connectivity index (χ1n) is 5.09. The zero-order valence-electron chi connectivity index (χ0n) is 9.26. The molecule has 1 aromatic carbocycles. The van der Waals surface area contributed by atoms with E-state index < -0.39 is 0 Å². The van der Waals surface area contributed by atoms with Crippen LogP contribution in [0.25, 0.3) is 5.76 Å². The number of aromatic nitrogens is 2. The van der Waals surface area contributed by atoms with Gasteiger partial charge in [-0.25, -0.2) is 0 Å². The summed E-state index contributed by atoms with van der Waals surface area (Å²) in [4.78, 5) is 0. The lowest BCUT2D eigenvalue weighted by Gasteiger charge is -2.01. The van der Waals surface area contributed by atoms with Gasteiger partial charge in [-0.1, -0.05) is 36.9 Å². The normalized spacial score (nSPS) is 10.1. The van der Waals surface area contributed by atoms with Crippen molar-refractivity contribution in [2.24, 2.45) is 0 Å². The summed E-state index contributed by atoms with van der Waals surface area (Å²) < 4.78 is 6.92.